The van der Waals surface area contributed by atoms with Crippen LogP contribution in [0.2, 0.25) is 5.02 Å². The number of ether oxygens (including phenoxy) is 1. The molecule has 0 bridgehead atoms. The molecule has 6 rings (SSSR count). The quantitative estimate of drug-likeness (QED) is 0.313. The lowest BCUT2D eigenvalue weighted by Crippen LogP contribution is -2.10. The number of aryl methyl sites for hydroxylation is 2. The Balaban J connectivity index is 0.000000150. The highest BCUT2D eigenvalue weighted by atomic mass is 35.5. The van der Waals surface area contributed by atoms with Gasteiger partial charge in [-0.05, 0) is 87.4 Å². The van der Waals surface area contributed by atoms with Gasteiger partial charge < -0.3 is 4.74 Å². The Morgan fingerprint density at radius 2 is 1.91 bits per heavy atom. The number of hydrogen-bond donors (Lipinski definition) is 0. The summed E-state index contributed by atoms with van der Waals surface area (Å²) in [5, 5.41) is 5.62. The third-order valence-corrected chi connectivity index (χ3v) is 6.72. The number of hydrogen-bond acceptors (Lipinski definition) is 4. The number of pyridine rings is 2. The molecule has 1 atom stereocenters. The number of nitrogens with zero attached hydrogens (tertiary/aromatic N) is 4. The summed E-state index contributed by atoms with van der Waals surface area (Å²) < 4.78 is 21.9. The van der Waals surface area contributed by atoms with Crippen LogP contribution in [0, 0.1) is 19.7 Å². The minimum absolute atomic E-state index is 0.316. The summed E-state index contributed by atoms with van der Waals surface area (Å²) >= 11 is 5.80. The van der Waals surface area contributed by atoms with E-state index in [1.54, 1.807) is 24.4 Å². The number of halogens is 2. The second-order valence-corrected chi connectivity index (χ2v) is 9.52. The molecule has 34 heavy (non-hydrogen) atoms. The zero-order chi connectivity index (χ0) is 23.7. The van der Waals surface area contributed by atoms with Gasteiger partial charge in [-0.3, -0.25) is 4.68 Å². The number of aromatic nitrogens is 4. The molecule has 4 heterocycles. The van der Waals surface area contributed by atoms with Crippen LogP contribution in [0.4, 0.5) is 4.39 Å². The van der Waals surface area contributed by atoms with Crippen molar-refractivity contribution in [2.75, 3.05) is 6.61 Å². The fraction of sp³-hybridized carbons (Fsp3) is 0.370. The van der Waals surface area contributed by atoms with Gasteiger partial charge >= 0.3 is 0 Å². The van der Waals surface area contributed by atoms with Gasteiger partial charge in [-0.2, -0.15) is 5.10 Å². The highest BCUT2D eigenvalue weighted by Crippen LogP contribution is 2.36. The maximum absolute atomic E-state index is 14.1. The molecule has 0 radical (unpaired) electrons. The van der Waals surface area contributed by atoms with Crippen LogP contribution < -0.4 is 0 Å². The van der Waals surface area contributed by atoms with Gasteiger partial charge in [0, 0.05) is 46.2 Å². The molecule has 5 nitrogen and oxygen atoms in total. The Morgan fingerprint density at radius 3 is 2.65 bits per heavy atom. The molecule has 1 saturated heterocycles. The monoisotopic (exact) mass is 478 g/mol. The van der Waals surface area contributed by atoms with Crippen LogP contribution >= 0.6 is 11.6 Å². The van der Waals surface area contributed by atoms with Crippen molar-refractivity contribution in [1.82, 2.24) is 19.7 Å². The Kier molecular flexibility index (Phi) is 6.61. The standard InChI is InChI=1S/C16H12ClFN2.C11H16N2O/c1-9-7-14-12(5-6-19-16(14)20-10(9)2)13-4-3-11(17)8-15(13)18;1-2-6-14-11(3-1)9-7-12-13(8-9)10-4-5-10/h3-8H,1-2H3;7-8,10-11H,1-6H2. The van der Waals surface area contributed by atoms with Crippen LogP contribution in [0.5, 0.6) is 0 Å². The smallest absolute Gasteiger partial charge is 0.159 e. The Morgan fingerprint density at radius 1 is 1.06 bits per heavy atom. The van der Waals surface area contributed by atoms with Gasteiger partial charge in [0.25, 0.3) is 0 Å². The van der Waals surface area contributed by atoms with E-state index >= 15 is 0 Å². The van der Waals surface area contributed by atoms with E-state index in [-0.39, 0.29) is 5.82 Å². The maximum Gasteiger partial charge on any atom is 0.159 e. The molecule has 1 aliphatic carbocycles. The fourth-order valence-electron chi connectivity index (χ4n) is 4.27. The third kappa shape index (κ3) is 4.98. The zero-order valence-corrected chi connectivity index (χ0v) is 20.2. The van der Waals surface area contributed by atoms with E-state index < -0.39 is 0 Å². The molecule has 4 aromatic rings. The summed E-state index contributed by atoms with van der Waals surface area (Å²) in [7, 11) is 0. The summed E-state index contributed by atoms with van der Waals surface area (Å²) in [5.74, 6) is -0.344. The SMILES string of the molecule is Cc1cc2c(-c3ccc(Cl)cc3F)ccnc2nc1C.c1nn(C2CC2)cc1C1CCCCO1. The fourth-order valence-corrected chi connectivity index (χ4v) is 4.42. The topological polar surface area (TPSA) is 52.8 Å². The first kappa shape index (κ1) is 22.9. The van der Waals surface area contributed by atoms with Gasteiger partial charge in [0.1, 0.15) is 5.82 Å². The van der Waals surface area contributed by atoms with Crippen molar-refractivity contribution in [3.05, 3.63) is 76.6 Å². The van der Waals surface area contributed by atoms with Crippen molar-refractivity contribution >= 4 is 22.6 Å². The molecule has 7 heteroatoms. The number of fused-ring (bicyclic) bond motifs is 1. The number of benzene rings is 1. The molecular weight excluding hydrogens is 451 g/mol. The van der Waals surface area contributed by atoms with Crippen molar-refractivity contribution in [2.24, 2.45) is 0 Å². The first-order valence-electron chi connectivity index (χ1n) is 11.8. The van der Waals surface area contributed by atoms with Crippen LogP contribution in [-0.2, 0) is 4.74 Å². The molecule has 1 aliphatic heterocycles. The van der Waals surface area contributed by atoms with Crippen molar-refractivity contribution < 1.29 is 9.13 Å². The lowest BCUT2D eigenvalue weighted by molar-refractivity contribution is 0.0149. The number of rotatable bonds is 3. The van der Waals surface area contributed by atoms with E-state index in [0.29, 0.717) is 28.4 Å². The van der Waals surface area contributed by atoms with Gasteiger partial charge in [0.05, 0.1) is 18.3 Å². The van der Waals surface area contributed by atoms with Crippen LogP contribution in [0.1, 0.15) is 61.1 Å². The van der Waals surface area contributed by atoms with E-state index in [1.807, 2.05) is 26.1 Å². The van der Waals surface area contributed by atoms with E-state index in [9.17, 15) is 4.39 Å². The maximum atomic E-state index is 14.1. The Labute approximate surface area is 203 Å². The first-order valence-corrected chi connectivity index (χ1v) is 12.2. The molecule has 0 spiro atoms. The van der Waals surface area contributed by atoms with Crippen LogP contribution in [0.25, 0.3) is 22.2 Å². The van der Waals surface area contributed by atoms with E-state index in [4.69, 9.17) is 16.3 Å². The summed E-state index contributed by atoms with van der Waals surface area (Å²) in [4.78, 5) is 8.71. The molecule has 0 amide bonds. The first-order chi connectivity index (χ1) is 16.5. The van der Waals surface area contributed by atoms with Gasteiger partial charge in [0.2, 0.25) is 0 Å². The molecule has 1 saturated carbocycles. The van der Waals surface area contributed by atoms with Gasteiger partial charge in [0.15, 0.2) is 5.65 Å². The predicted octanol–water partition coefficient (Wildman–Crippen LogP) is 7.17. The molecule has 1 aromatic carbocycles. The summed E-state index contributed by atoms with van der Waals surface area (Å²) in [6, 6.07) is 9.16. The second kappa shape index (κ2) is 9.80. The van der Waals surface area contributed by atoms with E-state index in [0.717, 1.165) is 35.2 Å². The van der Waals surface area contributed by atoms with Crippen molar-refractivity contribution in [3.63, 3.8) is 0 Å². The van der Waals surface area contributed by atoms with Crippen molar-refractivity contribution in [1.29, 1.82) is 0 Å². The average Bonchev–Trinajstić information content (AvgIpc) is 3.57. The van der Waals surface area contributed by atoms with Gasteiger partial charge in [-0.25, -0.2) is 14.4 Å². The van der Waals surface area contributed by atoms with Crippen molar-refractivity contribution in [3.8, 4) is 11.1 Å². The van der Waals surface area contributed by atoms with Crippen molar-refractivity contribution in [2.45, 2.75) is 58.1 Å². The average molecular weight is 479 g/mol. The van der Waals surface area contributed by atoms with Gasteiger partial charge in [-0.1, -0.05) is 11.6 Å². The molecule has 1 unspecified atom stereocenters. The lowest BCUT2D eigenvalue weighted by atomic mass is 10.0. The minimum Gasteiger partial charge on any atom is -0.373 e. The van der Waals surface area contributed by atoms with Crippen LogP contribution in [-0.4, -0.2) is 26.4 Å². The molecular formula is C27H28ClFN4O. The summed E-state index contributed by atoms with van der Waals surface area (Å²) in [6.45, 7) is 4.84. The molecule has 2 aliphatic rings. The third-order valence-electron chi connectivity index (χ3n) is 6.49. The lowest BCUT2D eigenvalue weighted by Gasteiger charge is -2.21. The summed E-state index contributed by atoms with van der Waals surface area (Å²) in [5.41, 5.74) is 5.17. The van der Waals surface area contributed by atoms with Gasteiger partial charge in [-0.15, -0.1) is 0 Å². The highest BCUT2D eigenvalue weighted by molar-refractivity contribution is 6.30. The normalized spacial score (nSPS) is 17.9. The highest BCUT2D eigenvalue weighted by Gasteiger charge is 2.26. The predicted molar refractivity (Wildman–Crippen MR) is 132 cm³/mol. The largest absolute Gasteiger partial charge is 0.373 e. The summed E-state index contributed by atoms with van der Waals surface area (Å²) in [6.07, 6.45) is 12.4. The Bertz CT molecular complexity index is 1310. The second-order valence-electron chi connectivity index (χ2n) is 9.08. The zero-order valence-electron chi connectivity index (χ0n) is 19.5. The molecule has 0 N–H and O–H groups in total. The molecule has 2 fully saturated rings. The van der Waals surface area contributed by atoms with Crippen LogP contribution in [0.15, 0.2) is 48.9 Å². The Hall–Kier alpha value is -2.83. The molecule has 3 aromatic heterocycles. The minimum atomic E-state index is -0.344. The van der Waals surface area contributed by atoms with E-state index in [1.165, 1.54) is 37.3 Å². The van der Waals surface area contributed by atoms with Crippen LogP contribution in [0.3, 0.4) is 0 Å². The van der Waals surface area contributed by atoms with E-state index in [2.05, 4.69) is 25.9 Å². The molecule has 176 valence electrons.